The highest BCUT2D eigenvalue weighted by Gasteiger charge is 2.03. The average Bonchev–Trinajstić information content (AvgIpc) is 2.49. The van der Waals surface area contributed by atoms with Gasteiger partial charge in [-0.05, 0) is 43.1 Å². The van der Waals surface area contributed by atoms with Gasteiger partial charge < -0.3 is 10.1 Å². The molecule has 0 fully saturated rings. The Balaban J connectivity index is 1.92. The molecule has 1 heterocycles. The van der Waals surface area contributed by atoms with Crippen molar-refractivity contribution in [3.8, 4) is 5.88 Å². The summed E-state index contributed by atoms with van der Waals surface area (Å²) in [6.45, 7) is 6.54. The van der Waals surface area contributed by atoms with Gasteiger partial charge in [0.25, 0.3) is 0 Å². The third-order valence-corrected chi connectivity index (χ3v) is 3.46. The van der Waals surface area contributed by atoms with Crippen molar-refractivity contribution in [3.63, 3.8) is 0 Å². The molecule has 0 saturated carbocycles. The van der Waals surface area contributed by atoms with Gasteiger partial charge in [-0.3, -0.25) is 0 Å². The molecule has 0 saturated heterocycles. The van der Waals surface area contributed by atoms with Crippen molar-refractivity contribution in [2.24, 2.45) is 0 Å². The van der Waals surface area contributed by atoms with Crippen LogP contribution in [0.25, 0.3) is 0 Å². The molecule has 112 valence electrons. The van der Waals surface area contributed by atoms with Gasteiger partial charge in [-0.15, -0.1) is 0 Å². The lowest BCUT2D eigenvalue weighted by atomic mass is 10.2. The monoisotopic (exact) mass is 304 g/mol. The molecule has 0 aliphatic rings. The van der Waals surface area contributed by atoms with Crippen LogP contribution in [0.1, 0.15) is 30.2 Å². The van der Waals surface area contributed by atoms with Crippen molar-refractivity contribution in [1.29, 1.82) is 0 Å². The van der Waals surface area contributed by atoms with Gasteiger partial charge in [0.2, 0.25) is 5.88 Å². The third kappa shape index (κ3) is 5.03. The Hall–Kier alpha value is -1.58. The molecule has 0 bridgehead atoms. The van der Waals surface area contributed by atoms with Crippen molar-refractivity contribution in [3.05, 3.63) is 58.2 Å². The average molecular weight is 305 g/mol. The summed E-state index contributed by atoms with van der Waals surface area (Å²) in [5.41, 5.74) is 3.29. The third-order valence-electron chi connectivity index (χ3n) is 3.21. The van der Waals surface area contributed by atoms with Crippen LogP contribution in [0, 0.1) is 6.92 Å². The Morgan fingerprint density at radius 3 is 2.57 bits per heavy atom. The molecule has 0 aliphatic carbocycles. The molecule has 2 rings (SSSR count). The van der Waals surface area contributed by atoms with Crippen molar-refractivity contribution >= 4 is 11.6 Å². The van der Waals surface area contributed by atoms with Gasteiger partial charge >= 0.3 is 0 Å². The lowest BCUT2D eigenvalue weighted by molar-refractivity contribution is 0.293. The molecule has 0 amide bonds. The second-order valence-corrected chi connectivity index (χ2v) is 5.42. The molecular weight excluding hydrogens is 284 g/mol. The van der Waals surface area contributed by atoms with E-state index in [0.29, 0.717) is 12.5 Å². The van der Waals surface area contributed by atoms with Crippen molar-refractivity contribution in [2.45, 2.75) is 33.4 Å². The zero-order valence-corrected chi connectivity index (χ0v) is 13.3. The Morgan fingerprint density at radius 1 is 1.14 bits per heavy atom. The molecule has 0 atom stereocenters. The molecule has 21 heavy (non-hydrogen) atoms. The fourth-order valence-electron chi connectivity index (χ4n) is 1.97. The summed E-state index contributed by atoms with van der Waals surface area (Å²) in [4.78, 5) is 4.50. The number of nitrogens with zero attached hydrogens (tertiary/aromatic N) is 1. The zero-order chi connectivity index (χ0) is 15.1. The fourth-order valence-corrected chi connectivity index (χ4v) is 2.10. The first-order valence-electron chi connectivity index (χ1n) is 7.23. The minimum absolute atomic E-state index is 0.497. The van der Waals surface area contributed by atoms with Crippen LogP contribution in [-0.2, 0) is 13.2 Å². The summed E-state index contributed by atoms with van der Waals surface area (Å²) in [7, 11) is 0. The van der Waals surface area contributed by atoms with Crippen molar-refractivity contribution in [2.75, 3.05) is 6.54 Å². The Kier molecular flexibility index (Phi) is 6.03. The van der Waals surface area contributed by atoms with Crippen LogP contribution in [0.4, 0.5) is 0 Å². The van der Waals surface area contributed by atoms with Crippen LogP contribution in [0.2, 0.25) is 5.02 Å². The lowest BCUT2D eigenvalue weighted by Gasteiger charge is -2.10. The number of aromatic nitrogens is 1. The number of ether oxygens (including phenoxy) is 1. The first-order chi connectivity index (χ1) is 10.2. The van der Waals surface area contributed by atoms with E-state index in [2.05, 4.69) is 23.3 Å². The maximum Gasteiger partial charge on any atom is 0.213 e. The largest absolute Gasteiger partial charge is 0.473 e. The second kappa shape index (κ2) is 8.01. The standard InChI is InChI=1S/C17H21ClN2O/c1-3-10-19-11-15-6-9-17(20-13(15)2)21-12-14-4-7-16(18)8-5-14/h4-9,19H,3,10-12H2,1-2H3. The van der Waals surface area contributed by atoms with Crippen molar-refractivity contribution in [1.82, 2.24) is 10.3 Å². The Bertz CT molecular complexity index is 570. The van der Waals surface area contributed by atoms with E-state index in [1.165, 1.54) is 5.56 Å². The van der Waals surface area contributed by atoms with E-state index >= 15 is 0 Å². The van der Waals surface area contributed by atoms with E-state index in [1.807, 2.05) is 37.3 Å². The van der Waals surface area contributed by atoms with Gasteiger partial charge in [0, 0.05) is 23.3 Å². The number of pyridine rings is 1. The van der Waals surface area contributed by atoms with Gasteiger partial charge in [0.1, 0.15) is 6.61 Å². The summed E-state index contributed by atoms with van der Waals surface area (Å²) < 4.78 is 5.72. The number of benzene rings is 1. The summed E-state index contributed by atoms with van der Waals surface area (Å²) in [6.07, 6.45) is 1.13. The quantitative estimate of drug-likeness (QED) is 0.781. The maximum absolute atomic E-state index is 5.86. The van der Waals surface area contributed by atoms with E-state index < -0.39 is 0 Å². The fraction of sp³-hybridized carbons (Fsp3) is 0.353. The molecule has 0 aliphatic heterocycles. The highest BCUT2D eigenvalue weighted by atomic mass is 35.5. The van der Waals surface area contributed by atoms with E-state index in [0.717, 1.165) is 35.8 Å². The van der Waals surface area contributed by atoms with Gasteiger partial charge in [0.05, 0.1) is 0 Å². The first-order valence-corrected chi connectivity index (χ1v) is 7.61. The van der Waals surface area contributed by atoms with Crippen LogP contribution >= 0.6 is 11.6 Å². The maximum atomic E-state index is 5.86. The number of hydrogen-bond acceptors (Lipinski definition) is 3. The van der Waals surface area contributed by atoms with Crippen molar-refractivity contribution < 1.29 is 4.74 Å². The van der Waals surface area contributed by atoms with E-state index in [-0.39, 0.29) is 0 Å². The molecule has 3 nitrogen and oxygen atoms in total. The van der Waals surface area contributed by atoms with Crippen LogP contribution in [0.3, 0.4) is 0 Å². The predicted octanol–water partition coefficient (Wildman–Crippen LogP) is 4.12. The number of halogens is 1. The van der Waals surface area contributed by atoms with Gasteiger partial charge in [-0.1, -0.05) is 36.7 Å². The Labute approximate surface area is 131 Å². The summed E-state index contributed by atoms with van der Waals surface area (Å²) in [6, 6.07) is 11.6. The van der Waals surface area contributed by atoms with Crippen LogP contribution < -0.4 is 10.1 Å². The molecule has 0 spiro atoms. The van der Waals surface area contributed by atoms with E-state index in [9.17, 15) is 0 Å². The normalized spacial score (nSPS) is 10.6. The predicted molar refractivity (Wildman–Crippen MR) is 86.8 cm³/mol. The van der Waals surface area contributed by atoms with Gasteiger partial charge in [-0.2, -0.15) is 0 Å². The summed E-state index contributed by atoms with van der Waals surface area (Å²) in [5, 5.41) is 4.11. The van der Waals surface area contributed by atoms with Gasteiger partial charge in [0.15, 0.2) is 0 Å². The van der Waals surface area contributed by atoms with Gasteiger partial charge in [-0.25, -0.2) is 4.98 Å². The number of nitrogens with one attached hydrogen (secondary N) is 1. The topological polar surface area (TPSA) is 34.1 Å². The number of hydrogen-bond donors (Lipinski definition) is 1. The van der Waals surface area contributed by atoms with Crippen LogP contribution in [0.15, 0.2) is 36.4 Å². The first kappa shape index (κ1) is 15.8. The highest BCUT2D eigenvalue weighted by Crippen LogP contribution is 2.15. The summed E-state index contributed by atoms with van der Waals surface area (Å²) in [5.74, 6) is 0.654. The molecule has 0 radical (unpaired) electrons. The molecule has 0 unspecified atom stereocenters. The molecule has 1 aromatic heterocycles. The zero-order valence-electron chi connectivity index (χ0n) is 12.5. The smallest absolute Gasteiger partial charge is 0.213 e. The molecule has 1 N–H and O–H groups in total. The minimum atomic E-state index is 0.497. The SMILES string of the molecule is CCCNCc1ccc(OCc2ccc(Cl)cc2)nc1C. The second-order valence-electron chi connectivity index (χ2n) is 4.99. The number of rotatable bonds is 7. The minimum Gasteiger partial charge on any atom is -0.473 e. The molecule has 1 aromatic carbocycles. The molecule has 2 aromatic rings. The Morgan fingerprint density at radius 2 is 1.90 bits per heavy atom. The van der Waals surface area contributed by atoms with E-state index in [4.69, 9.17) is 16.3 Å². The molecule has 4 heteroatoms. The van der Waals surface area contributed by atoms with Crippen LogP contribution in [0.5, 0.6) is 5.88 Å². The lowest BCUT2D eigenvalue weighted by Crippen LogP contribution is -2.15. The van der Waals surface area contributed by atoms with E-state index in [1.54, 1.807) is 0 Å². The summed E-state index contributed by atoms with van der Waals surface area (Å²) >= 11 is 5.86. The number of aryl methyl sites for hydroxylation is 1. The van der Waals surface area contributed by atoms with Crippen LogP contribution in [-0.4, -0.2) is 11.5 Å². The molecular formula is C17H21ClN2O. The highest BCUT2D eigenvalue weighted by molar-refractivity contribution is 6.30.